The number of rotatable bonds is 9. The Morgan fingerprint density at radius 2 is 1.81 bits per heavy atom. The summed E-state index contributed by atoms with van der Waals surface area (Å²) in [7, 11) is 0. The van der Waals surface area contributed by atoms with E-state index in [-0.39, 0.29) is 11.3 Å². The molecule has 1 fully saturated rings. The van der Waals surface area contributed by atoms with Crippen molar-refractivity contribution in [3.63, 3.8) is 0 Å². The lowest BCUT2D eigenvalue weighted by molar-refractivity contribution is -0.140. The number of carboxylic acid groups (broad SMARTS) is 2. The fourth-order valence-corrected chi connectivity index (χ4v) is 7.38. The van der Waals surface area contributed by atoms with Crippen molar-refractivity contribution >= 4 is 34.0 Å². The standard InChI is InChI=1S/C16H19N5.C16H16O5S/c1-2-7-20(6-1)8-5-13-10-17-16-4-3-14(9-15(13)16)21-11-18-19-12-21;1-11-13(14(17)18)8-5-9-16(11,15(19)20)22(21)10-12-6-3-2-4-7-12/h3-4,9-12,17H,1-2,5-8H2;2-9,11H,10H2,1H3,(H,17,18)(H,19,20)/t;11?,16-,22?/m.1/s1. The second kappa shape index (κ2) is 13.4. The Bertz CT molecular complexity index is 1610. The van der Waals surface area contributed by atoms with Crippen LogP contribution in [0, 0.1) is 5.92 Å². The number of nitrogens with zero attached hydrogens (tertiary/aromatic N) is 4. The molecule has 2 unspecified atom stereocenters. The van der Waals surface area contributed by atoms with Crippen molar-refractivity contribution < 1.29 is 24.4 Å². The molecule has 0 bridgehead atoms. The van der Waals surface area contributed by atoms with Crippen LogP contribution in [0.2, 0.25) is 0 Å². The maximum atomic E-state index is 12.8. The molecule has 2 aromatic heterocycles. The molecule has 10 nitrogen and oxygen atoms in total. The van der Waals surface area contributed by atoms with Gasteiger partial charge in [-0.2, -0.15) is 0 Å². The number of nitrogens with one attached hydrogen (secondary N) is 1. The number of benzene rings is 2. The van der Waals surface area contributed by atoms with Gasteiger partial charge in [-0.05, 0) is 73.4 Å². The molecule has 11 heteroatoms. The molecular formula is C32H35N5O5S. The molecule has 1 aliphatic heterocycles. The number of aromatic amines is 1. The first kappa shape index (κ1) is 30.3. The maximum absolute atomic E-state index is 12.8. The molecule has 0 spiro atoms. The van der Waals surface area contributed by atoms with Crippen LogP contribution in [0.15, 0.2) is 91.2 Å². The van der Waals surface area contributed by atoms with E-state index in [2.05, 4.69) is 44.5 Å². The third-order valence-electron chi connectivity index (χ3n) is 8.19. The van der Waals surface area contributed by atoms with Crippen LogP contribution >= 0.6 is 0 Å². The van der Waals surface area contributed by atoms with E-state index in [0.717, 1.165) is 24.2 Å². The zero-order valence-electron chi connectivity index (χ0n) is 23.9. The molecule has 0 radical (unpaired) electrons. The first-order valence-corrected chi connectivity index (χ1v) is 15.6. The van der Waals surface area contributed by atoms with E-state index in [1.54, 1.807) is 36.9 Å². The van der Waals surface area contributed by atoms with Crippen LogP contribution < -0.4 is 0 Å². The predicted molar refractivity (Wildman–Crippen MR) is 165 cm³/mol. The molecule has 3 N–H and O–H groups in total. The first-order valence-electron chi connectivity index (χ1n) is 14.3. The summed E-state index contributed by atoms with van der Waals surface area (Å²) in [4.78, 5) is 29.0. The van der Waals surface area contributed by atoms with Gasteiger partial charge < -0.3 is 24.6 Å². The smallest absolute Gasteiger partial charge is 0.365 e. The van der Waals surface area contributed by atoms with Crippen molar-refractivity contribution in [2.45, 2.75) is 36.7 Å². The minimum atomic E-state index is -1.80. The average Bonchev–Trinajstić information content (AvgIpc) is 3.79. The number of fused-ring (bicyclic) bond motifs is 1. The third kappa shape index (κ3) is 6.58. The van der Waals surface area contributed by atoms with E-state index < -0.39 is 33.8 Å². The molecule has 1 aliphatic carbocycles. The Kier molecular flexibility index (Phi) is 9.44. The van der Waals surface area contributed by atoms with Crippen LogP contribution in [0.3, 0.4) is 0 Å². The number of carbonyl (C=O) groups is 2. The van der Waals surface area contributed by atoms with Crippen LogP contribution in [0.4, 0.5) is 0 Å². The lowest BCUT2D eigenvalue weighted by Gasteiger charge is -2.36. The number of likely N-dealkylation sites (tertiary alicyclic amines) is 1. The van der Waals surface area contributed by atoms with Gasteiger partial charge in [-0.1, -0.05) is 49.4 Å². The van der Waals surface area contributed by atoms with Crippen molar-refractivity contribution in [3.8, 4) is 5.69 Å². The molecule has 2 aliphatic rings. The highest BCUT2D eigenvalue weighted by Gasteiger charge is 2.55. The summed E-state index contributed by atoms with van der Waals surface area (Å²) in [6, 6.07) is 15.3. The van der Waals surface area contributed by atoms with Crippen LogP contribution in [-0.4, -0.2) is 75.7 Å². The van der Waals surface area contributed by atoms with Gasteiger partial charge in [-0.25, -0.2) is 9.59 Å². The summed E-state index contributed by atoms with van der Waals surface area (Å²) in [6.45, 7) is 5.16. The molecule has 224 valence electrons. The number of aromatic nitrogens is 4. The molecule has 2 aromatic carbocycles. The molecule has 3 heterocycles. The normalized spacial score (nSPS) is 20.8. The summed E-state index contributed by atoms with van der Waals surface area (Å²) in [5.41, 5.74) is 4.39. The van der Waals surface area contributed by atoms with Gasteiger partial charge in [0.05, 0.1) is 5.92 Å². The highest BCUT2D eigenvalue weighted by Crippen LogP contribution is 2.39. The average molecular weight is 602 g/mol. The number of allylic oxidation sites excluding steroid dienone is 2. The second-order valence-corrected chi connectivity index (χ2v) is 12.4. The van der Waals surface area contributed by atoms with E-state index in [9.17, 15) is 24.4 Å². The van der Waals surface area contributed by atoms with E-state index in [1.165, 1.54) is 67.5 Å². The summed E-state index contributed by atoms with van der Waals surface area (Å²) in [6.07, 6.45) is 13.5. The predicted octanol–water partition coefficient (Wildman–Crippen LogP) is 4.36. The monoisotopic (exact) mass is 601 g/mol. The van der Waals surface area contributed by atoms with Crippen LogP contribution in [0.1, 0.15) is 30.9 Å². The van der Waals surface area contributed by atoms with E-state index >= 15 is 0 Å². The highest BCUT2D eigenvalue weighted by atomic mass is 32.2. The largest absolute Gasteiger partial charge is 0.615 e. The third-order valence-corrected chi connectivity index (χ3v) is 10.2. The fraction of sp³-hybridized carbons (Fsp3) is 0.312. The first-order chi connectivity index (χ1) is 20.8. The lowest BCUT2D eigenvalue weighted by Crippen LogP contribution is -2.52. The van der Waals surface area contributed by atoms with Gasteiger partial charge in [0.1, 0.15) is 18.4 Å². The van der Waals surface area contributed by atoms with Gasteiger partial charge in [0.2, 0.25) is 4.75 Å². The second-order valence-electron chi connectivity index (χ2n) is 10.8. The van der Waals surface area contributed by atoms with Crippen LogP contribution in [0.5, 0.6) is 0 Å². The van der Waals surface area contributed by atoms with Crippen molar-refractivity contribution in [2.75, 3.05) is 19.6 Å². The summed E-state index contributed by atoms with van der Waals surface area (Å²) >= 11 is -1.80. The Balaban J connectivity index is 0.000000171. The summed E-state index contributed by atoms with van der Waals surface area (Å²) in [5.74, 6) is -3.32. The minimum absolute atomic E-state index is 0.0497. The van der Waals surface area contributed by atoms with Crippen molar-refractivity contribution in [1.82, 2.24) is 24.6 Å². The molecule has 43 heavy (non-hydrogen) atoms. The molecule has 0 amide bonds. The summed E-state index contributed by atoms with van der Waals surface area (Å²) < 4.78 is 13.0. The fourth-order valence-electron chi connectivity index (χ4n) is 5.70. The SMILES string of the molecule is CC1C(C(=O)O)=CC=C[C@@]1(C(=O)O)[S+]([O-])Cc1ccccc1.c1cc2[nH]cc(CCN3CCCC3)c2cc1-n1cnnc1. The number of aliphatic carboxylic acids is 2. The maximum Gasteiger partial charge on any atom is 0.365 e. The lowest BCUT2D eigenvalue weighted by atomic mass is 9.82. The molecule has 4 aromatic rings. The number of hydrogen-bond donors (Lipinski definition) is 3. The number of hydrogen-bond acceptors (Lipinski definition) is 6. The van der Waals surface area contributed by atoms with Gasteiger partial charge in [0.15, 0.2) is 0 Å². The molecule has 1 saturated heterocycles. The Hall–Kier alpha value is -4.19. The molecule has 0 saturated carbocycles. The number of H-pyrrole nitrogens is 1. The van der Waals surface area contributed by atoms with Gasteiger partial charge in [0.25, 0.3) is 0 Å². The molecule has 3 atom stereocenters. The van der Waals surface area contributed by atoms with Gasteiger partial charge >= 0.3 is 11.9 Å². The van der Waals surface area contributed by atoms with Crippen molar-refractivity contribution in [3.05, 3.63) is 102 Å². The van der Waals surface area contributed by atoms with E-state index in [4.69, 9.17) is 0 Å². The number of carboxylic acids is 2. The quantitative estimate of drug-likeness (QED) is 0.240. The Morgan fingerprint density at radius 3 is 2.49 bits per heavy atom. The van der Waals surface area contributed by atoms with Gasteiger partial charge in [0, 0.05) is 40.5 Å². The minimum Gasteiger partial charge on any atom is -0.615 e. The van der Waals surface area contributed by atoms with Crippen molar-refractivity contribution in [1.29, 1.82) is 0 Å². The van der Waals surface area contributed by atoms with Gasteiger partial charge in [-0.15, -0.1) is 10.2 Å². The topological polar surface area (TPSA) is 147 Å². The molecule has 6 rings (SSSR count). The van der Waals surface area contributed by atoms with Crippen molar-refractivity contribution in [2.24, 2.45) is 5.92 Å². The molecular weight excluding hydrogens is 566 g/mol. The zero-order valence-corrected chi connectivity index (χ0v) is 24.7. The Labute approximate surface area is 252 Å². The van der Waals surface area contributed by atoms with E-state index in [0.29, 0.717) is 0 Å². The van der Waals surface area contributed by atoms with E-state index in [1.807, 2.05) is 10.6 Å². The van der Waals surface area contributed by atoms with Gasteiger partial charge in [-0.3, -0.25) is 4.57 Å². The van der Waals surface area contributed by atoms with Crippen LogP contribution in [-0.2, 0) is 32.9 Å². The zero-order chi connectivity index (χ0) is 30.4. The summed E-state index contributed by atoms with van der Waals surface area (Å²) in [5, 5.41) is 27.9. The van der Waals surface area contributed by atoms with Crippen LogP contribution in [0.25, 0.3) is 16.6 Å². The Morgan fingerprint density at radius 1 is 1.09 bits per heavy atom. The highest BCUT2D eigenvalue weighted by molar-refractivity contribution is 7.93.